The first kappa shape index (κ1) is 13.9. The summed E-state index contributed by atoms with van der Waals surface area (Å²) in [5.41, 5.74) is 7.44. The number of hydrogen-bond acceptors (Lipinski definition) is 3. The fraction of sp³-hybridized carbons (Fsp3) is 0.647. The van der Waals surface area contributed by atoms with Crippen LogP contribution in [-0.4, -0.2) is 30.6 Å². The van der Waals surface area contributed by atoms with Gasteiger partial charge in [0.2, 0.25) is 0 Å². The van der Waals surface area contributed by atoms with E-state index in [0.717, 1.165) is 24.9 Å². The Morgan fingerprint density at radius 1 is 1.30 bits per heavy atom. The molecule has 0 amide bonds. The van der Waals surface area contributed by atoms with Crippen LogP contribution in [0.5, 0.6) is 5.75 Å². The van der Waals surface area contributed by atoms with Crippen LogP contribution in [0.3, 0.4) is 0 Å². The lowest BCUT2D eigenvalue weighted by Gasteiger charge is -2.41. The average molecular weight is 274 g/mol. The predicted octanol–water partition coefficient (Wildman–Crippen LogP) is 2.96. The number of piperidine rings is 1. The summed E-state index contributed by atoms with van der Waals surface area (Å²) in [6.45, 7) is 4.77. The first-order valence-corrected chi connectivity index (χ1v) is 8.02. The van der Waals surface area contributed by atoms with Crippen LogP contribution in [0.1, 0.15) is 44.2 Å². The van der Waals surface area contributed by atoms with Gasteiger partial charge in [0.05, 0.1) is 6.61 Å². The van der Waals surface area contributed by atoms with Gasteiger partial charge in [-0.3, -0.25) is 4.90 Å². The van der Waals surface area contributed by atoms with E-state index in [9.17, 15) is 0 Å². The monoisotopic (exact) mass is 274 g/mol. The fourth-order valence-electron chi connectivity index (χ4n) is 3.59. The number of nitrogens with zero attached hydrogens (tertiary/aromatic N) is 1. The summed E-state index contributed by atoms with van der Waals surface area (Å²) in [5.74, 6) is 1.57. The summed E-state index contributed by atoms with van der Waals surface area (Å²) in [6.07, 6.45) is 5.27. The maximum atomic E-state index is 6.05. The first-order chi connectivity index (χ1) is 9.83. The lowest BCUT2D eigenvalue weighted by molar-refractivity contribution is 0.0878. The molecule has 20 heavy (non-hydrogen) atoms. The Kier molecular flexibility index (Phi) is 4.27. The number of nitrogens with two attached hydrogens (primary N) is 1. The number of likely N-dealkylation sites (tertiary alicyclic amines) is 1. The van der Waals surface area contributed by atoms with Gasteiger partial charge in [-0.15, -0.1) is 0 Å². The fourth-order valence-corrected chi connectivity index (χ4v) is 3.59. The second-order valence-corrected chi connectivity index (χ2v) is 6.06. The normalized spacial score (nSPS) is 27.5. The zero-order valence-corrected chi connectivity index (χ0v) is 12.4. The minimum Gasteiger partial charge on any atom is -0.494 e. The van der Waals surface area contributed by atoms with E-state index < -0.39 is 0 Å². The summed E-state index contributed by atoms with van der Waals surface area (Å²) in [6, 6.07) is 9.92. The second-order valence-electron chi connectivity index (χ2n) is 6.06. The van der Waals surface area contributed by atoms with Crippen LogP contribution in [0.2, 0.25) is 0 Å². The van der Waals surface area contributed by atoms with Crippen molar-refractivity contribution in [1.82, 2.24) is 4.90 Å². The highest BCUT2D eigenvalue weighted by molar-refractivity contribution is 5.31. The highest BCUT2D eigenvalue weighted by atomic mass is 16.5. The van der Waals surface area contributed by atoms with Gasteiger partial charge in [-0.2, -0.15) is 0 Å². The van der Waals surface area contributed by atoms with Gasteiger partial charge in [0.1, 0.15) is 5.75 Å². The molecule has 0 aromatic heterocycles. The van der Waals surface area contributed by atoms with E-state index >= 15 is 0 Å². The molecule has 0 spiro atoms. The molecular formula is C17H26N2O. The summed E-state index contributed by atoms with van der Waals surface area (Å²) < 4.78 is 5.67. The molecule has 1 aromatic carbocycles. The van der Waals surface area contributed by atoms with Gasteiger partial charge in [0.25, 0.3) is 0 Å². The van der Waals surface area contributed by atoms with Crippen molar-refractivity contribution in [1.29, 1.82) is 0 Å². The molecule has 2 aliphatic rings. The molecule has 3 rings (SSSR count). The highest BCUT2D eigenvalue weighted by Crippen LogP contribution is 2.43. The highest BCUT2D eigenvalue weighted by Gasteiger charge is 2.39. The van der Waals surface area contributed by atoms with Gasteiger partial charge in [0.15, 0.2) is 0 Å². The molecule has 2 atom stereocenters. The lowest BCUT2D eigenvalue weighted by Crippen LogP contribution is -2.42. The third-order valence-corrected chi connectivity index (χ3v) is 4.62. The molecule has 2 fully saturated rings. The van der Waals surface area contributed by atoms with E-state index in [1.165, 1.54) is 37.8 Å². The van der Waals surface area contributed by atoms with Crippen molar-refractivity contribution in [2.24, 2.45) is 11.7 Å². The molecule has 3 heteroatoms. The molecule has 1 heterocycles. The van der Waals surface area contributed by atoms with Crippen molar-refractivity contribution in [3.05, 3.63) is 29.8 Å². The quantitative estimate of drug-likeness (QED) is 0.897. The molecule has 0 radical (unpaired) electrons. The van der Waals surface area contributed by atoms with Crippen LogP contribution in [0.25, 0.3) is 0 Å². The van der Waals surface area contributed by atoms with Gasteiger partial charge in [-0.25, -0.2) is 0 Å². The average Bonchev–Trinajstić information content (AvgIpc) is 3.31. The smallest absolute Gasteiger partial charge is 0.119 e. The summed E-state index contributed by atoms with van der Waals surface area (Å²) in [7, 11) is 0. The zero-order valence-electron chi connectivity index (χ0n) is 12.4. The van der Waals surface area contributed by atoms with Crippen molar-refractivity contribution in [2.75, 3.05) is 19.7 Å². The Labute approximate surface area is 122 Å². The predicted molar refractivity (Wildman–Crippen MR) is 81.9 cm³/mol. The van der Waals surface area contributed by atoms with E-state index in [2.05, 4.69) is 29.2 Å². The molecule has 2 unspecified atom stereocenters. The summed E-state index contributed by atoms with van der Waals surface area (Å²) >= 11 is 0. The first-order valence-electron chi connectivity index (χ1n) is 8.02. The van der Waals surface area contributed by atoms with Crippen molar-refractivity contribution in [2.45, 2.75) is 44.7 Å². The van der Waals surface area contributed by atoms with Gasteiger partial charge < -0.3 is 10.5 Å². The maximum absolute atomic E-state index is 6.05. The Hall–Kier alpha value is -1.06. The van der Waals surface area contributed by atoms with Crippen LogP contribution in [0.15, 0.2) is 24.3 Å². The Bertz CT molecular complexity index is 444. The van der Waals surface area contributed by atoms with Crippen molar-refractivity contribution < 1.29 is 4.74 Å². The number of rotatable bonds is 5. The lowest BCUT2D eigenvalue weighted by atomic mass is 9.84. The topological polar surface area (TPSA) is 38.5 Å². The van der Waals surface area contributed by atoms with Gasteiger partial charge in [-0.05, 0) is 69.3 Å². The summed E-state index contributed by atoms with van der Waals surface area (Å²) in [4.78, 5) is 2.70. The standard InChI is InChI=1S/C17H26N2O/c1-2-20-16-7-3-5-13(11-16)17-14(12-18)6-4-10-19(17)15-8-9-15/h3,5,7,11,14-15,17H,2,4,6,8-10,12,18H2,1H3. The molecule has 1 aromatic rings. The van der Waals surface area contributed by atoms with Crippen LogP contribution >= 0.6 is 0 Å². The zero-order chi connectivity index (χ0) is 13.9. The van der Waals surface area contributed by atoms with Crippen molar-refractivity contribution in [3.63, 3.8) is 0 Å². The molecule has 1 saturated heterocycles. The van der Waals surface area contributed by atoms with E-state index in [4.69, 9.17) is 10.5 Å². The molecular weight excluding hydrogens is 248 g/mol. The Morgan fingerprint density at radius 2 is 2.15 bits per heavy atom. The molecule has 110 valence electrons. The van der Waals surface area contributed by atoms with Crippen LogP contribution in [0.4, 0.5) is 0 Å². The van der Waals surface area contributed by atoms with E-state index in [1.807, 2.05) is 6.92 Å². The third kappa shape index (κ3) is 2.84. The second kappa shape index (κ2) is 6.15. The molecule has 1 aliphatic carbocycles. The minimum absolute atomic E-state index is 0.488. The summed E-state index contributed by atoms with van der Waals surface area (Å²) in [5, 5.41) is 0. The van der Waals surface area contributed by atoms with Gasteiger partial charge in [-0.1, -0.05) is 12.1 Å². The van der Waals surface area contributed by atoms with Crippen LogP contribution < -0.4 is 10.5 Å². The molecule has 1 saturated carbocycles. The van der Waals surface area contributed by atoms with Crippen molar-refractivity contribution in [3.8, 4) is 5.75 Å². The Morgan fingerprint density at radius 3 is 2.85 bits per heavy atom. The van der Waals surface area contributed by atoms with E-state index in [1.54, 1.807) is 0 Å². The van der Waals surface area contributed by atoms with Gasteiger partial charge >= 0.3 is 0 Å². The molecule has 0 bridgehead atoms. The number of hydrogen-bond donors (Lipinski definition) is 1. The molecule has 3 nitrogen and oxygen atoms in total. The molecule has 1 aliphatic heterocycles. The van der Waals surface area contributed by atoms with E-state index in [-0.39, 0.29) is 0 Å². The van der Waals surface area contributed by atoms with Gasteiger partial charge in [0, 0.05) is 12.1 Å². The SMILES string of the molecule is CCOc1cccc(C2C(CN)CCCN2C2CC2)c1. The van der Waals surface area contributed by atoms with Crippen LogP contribution in [0, 0.1) is 5.92 Å². The maximum Gasteiger partial charge on any atom is 0.119 e. The minimum atomic E-state index is 0.488. The molecule has 2 N–H and O–H groups in total. The Balaban J connectivity index is 1.87. The van der Waals surface area contributed by atoms with E-state index in [0.29, 0.717) is 12.0 Å². The third-order valence-electron chi connectivity index (χ3n) is 4.62. The largest absolute Gasteiger partial charge is 0.494 e. The number of ether oxygens (including phenoxy) is 1. The van der Waals surface area contributed by atoms with Crippen molar-refractivity contribution >= 4 is 0 Å². The number of benzene rings is 1. The van der Waals surface area contributed by atoms with Crippen LogP contribution in [-0.2, 0) is 0 Å².